The number of ether oxygens (including phenoxy) is 2. The Morgan fingerprint density at radius 1 is 1.26 bits per heavy atom. The molecule has 0 radical (unpaired) electrons. The van der Waals surface area contributed by atoms with Gasteiger partial charge >= 0.3 is 0 Å². The molecular weight excluding hydrogens is 412 g/mol. The second-order valence-corrected chi connectivity index (χ2v) is 7.84. The Bertz CT molecular complexity index is 1130. The molecule has 1 aliphatic rings. The number of nitrogens with zero attached hydrogens (tertiary/aromatic N) is 1. The Labute approximate surface area is 186 Å². The molecule has 2 heterocycles. The fourth-order valence-electron chi connectivity index (χ4n) is 3.62. The quantitative estimate of drug-likeness (QED) is 0.563. The highest BCUT2D eigenvalue weighted by molar-refractivity contribution is 6.32. The van der Waals surface area contributed by atoms with E-state index in [1.807, 2.05) is 36.4 Å². The number of carbonyl (C=O) groups excluding carboxylic acids is 1. The van der Waals surface area contributed by atoms with E-state index >= 15 is 0 Å². The highest BCUT2D eigenvalue weighted by Gasteiger charge is 2.26. The topological polar surface area (TPSA) is 60.5 Å². The van der Waals surface area contributed by atoms with Gasteiger partial charge in [0.1, 0.15) is 17.6 Å². The van der Waals surface area contributed by atoms with Crippen molar-refractivity contribution in [1.29, 1.82) is 0 Å². The van der Waals surface area contributed by atoms with E-state index < -0.39 is 0 Å². The van der Waals surface area contributed by atoms with E-state index in [-0.39, 0.29) is 12.0 Å². The van der Waals surface area contributed by atoms with Crippen LogP contribution in [-0.4, -0.2) is 30.6 Å². The monoisotopic (exact) mass is 434 g/mol. The Morgan fingerprint density at radius 2 is 2.06 bits per heavy atom. The van der Waals surface area contributed by atoms with E-state index in [1.165, 1.54) is 6.08 Å². The third kappa shape index (κ3) is 4.89. The molecule has 0 saturated heterocycles. The summed E-state index contributed by atoms with van der Waals surface area (Å²) in [6.45, 7) is 2.46. The van der Waals surface area contributed by atoms with Gasteiger partial charge in [0.2, 0.25) is 5.91 Å². The van der Waals surface area contributed by atoms with Crippen molar-refractivity contribution in [3.8, 4) is 22.6 Å². The van der Waals surface area contributed by atoms with Gasteiger partial charge in [0.25, 0.3) is 0 Å². The molecule has 3 aromatic rings. The van der Waals surface area contributed by atoms with Gasteiger partial charge in [0.05, 0.1) is 18.7 Å². The van der Waals surface area contributed by atoms with Crippen molar-refractivity contribution in [2.45, 2.75) is 19.4 Å². The van der Waals surface area contributed by atoms with Gasteiger partial charge in [-0.25, -0.2) is 0 Å². The number of rotatable bonds is 6. The third-order valence-corrected chi connectivity index (χ3v) is 5.53. The van der Waals surface area contributed by atoms with E-state index in [0.29, 0.717) is 23.7 Å². The lowest BCUT2D eigenvalue weighted by molar-refractivity contribution is -0.116. The summed E-state index contributed by atoms with van der Waals surface area (Å²) in [4.78, 5) is 16.1. The summed E-state index contributed by atoms with van der Waals surface area (Å²) in [6.07, 6.45) is 7.15. The highest BCUT2D eigenvalue weighted by atomic mass is 35.5. The number of fused-ring (bicyclic) bond motifs is 1. The van der Waals surface area contributed by atoms with Crippen LogP contribution in [0.1, 0.15) is 16.7 Å². The van der Waals surface area contributed by atoms with Crippen molar-refractivity contribution >= 4 is 23.6 Å². The molecule has 1 amide bonds. The van der Waals surface area contributed by atoms with Crippen LogP contribution in [0.3, 0.4) is 0 Å². The SMILES string of the molecule is COc1ccc(C)c(-c2cc(Cl)c3c(c2)CC(CNC(=O)/C=C/c2ccncc2)O3)c1. The average molecular weight is 435 g/mol. The average Bonchev–Trinajstić information content (AvgIpc) is 3.21. The smallest absolute Gasteiger partial charge is 0.244 e. The summed E-state index contributed by atoms with van der Waals surface area (Å²) in [5.74, 6) is 1.32. The van der Waals surface area contributed by atoms with Crippen molar-refractivity contribution in [2.75, 3.05) is 13.7 Å². The fourth-order valence-corrected chi connectivity index (χ4v) is 3.90. The number of hydrogen-bond acceptors (Lipinski definition) is 4. The van der Waals surface area contributed by atoms with E-state index in [1.54, 1.807) is 25.6 Å². The van der Waals surface area contributed by atoms with Crippen LogP contribution < -0.4 is 14.8 Å². The van der Waals surface area contributed by atoms with Gasteiger partial charge in [0.15, 0.2) is 0 Å². The van der Waals surface area contributed by atoms with Crippen LogP contribution in [0.2, 0.25) is 5.02 Å². The number of halogens is 1. The molecule has 0 fully saturated rings. The van der Waals surface area contributed by atoms with Crippen molar-refractivity contribution in [3.63, 3.8) is 0 Å². The molecule has 1 aliphatic heterocycles. The Kier molecular flexibility index (Phi) is 6.23. The zero-order valence-electron chi connectivity index (χ0n) is 17.4. The van der Waals surface area contributed by atoms with Crippen LogP contribution in [0.4, 0.5) is 0 Å². The zero-order valence-corrected chi connectivity index (χ0v) is 18.1. The summed E-state index contributed by atoms with van der Waals surface area (Å²) < 4.78 is 11.4. The number of methoxy groups -OCH3 is 1. The molecule has 1 atom stereocenters. The Hall–Kier alpha value is -3.31. The molecule has 5 nitrogen and oxygen atoms in total. The highest BCUT2D eigenvalue weighted by Crippen LogP contribution is 2.40. The fraction of sp³-hybridized carbons (Fsp3) is 0.200. The van der Waals surface area contributed by atoms with Gasteiger partial charge < -0.3 is 14.8 Å². The summed E-state index contributed by atoms with van der Waals surface area (Å²) in [5.41, 5.74) is 5.19. The summed E-state index contributed by atoms with van der Waals surface area (Å²) in [6, 6.07) is 13.7. The largest absolute Gasteiger partial charge is 0.497 e. The van der Waals surface area contributed by atoms with Crippen LogP contribution in [0, 0.1) is 6.92 Å². The summed E-state index contributed by atoms with van der Waals surface area (Å²) in [5, 5.41) is 3.46. The molecular formula is C25H23ClN2O3. The molecule has 158 valence electrons. The van der Waals surface area contributed by atoms with Crippen LogP contribution >= 0.6 is 11.6 Å². The van der Waals surface area contributed by atoms with Gasteiger partial charge in [-0.05, 0) is 71.7 Å². The minimum atomic E-state index is -0.171. The van der Waals surface area contributed by atoms with E-state index in [4.69, 9.17) is 21.1 Å². The summed E-state index contributed by atoms with van der Waals surface area (Å²) >= 11 is 6.54. The van der Waals surface area contributed by atoms with E-state index in [9.17, 15) is 4.79 Å². The molecule has 1 unspecified atom stereocenters. The number of benzene rings is 2. The van der Waals surface area contributed by atoms with Crippen LogP contribution in [0.15, 0.2) is 60.9 Å². The molecule has 0 saturated carbocycles. The predicted molar refractivity (Wildman–Crippen MR) is 123 cm³/mol. The maximum atomic E-state index is 12.1. The van der Waals surface area contributed by atoms with Gasteiger partial charge in [-0.1, -0.05) is 17.7 Å². The first-order chi connectivity index (χ1) is 15.0. The molecule has 1 N–H and O–H groups in total. The molecule has 0 aliphatic carbocycles. The summed E-state index contributed by atoms with van der Waals surface area (Å²) in [7, 11) is 1.66. The molecule has 6 heteroatoms. The molecule has 0 bridgehead atoms. The van der Waals surface area contributed by atoms with Crippen molar-refractivity contribution < 1.29 is 14.3 Å². The number of aromatic nitrogens is 1. The first-order valence-electron chi connectivity index (χ1n) is 10.0. The van der Waals surface area contributed by atoms with E-state index in [0.717, 1.165) is 33.6 Å². The van der Waals surface area contributed by atoms with Crippen LogP contribution in [-0.2, 0) is 11.2 Å². The maximum Gasteiger partial charge on any atom is 0.244 e. The Morgan fingerprint density at radius 3 is 2.84 bits per heavy atom. The number of hydrogen-bond donors (Lipinski definition) is 1. The maximum absolute atomic E-state index is 12.1. The number of carbonyl (C=O) groups is 1. The second-order valence-electron chi connectivity index (χ2n) is 7.43. The number of amides is 1. The first-order valence-corrected chi connectivity index (χ1v) is 10.4. The van der Waals surface area contributed by atoms with Crippen molar-refractivity contribution in [2.24, 2.45) is 0 Å². The Balaban J connectivity index is 1.43. The lowest BCUT2D eigenvalue weighted by Gasteiger charge is -2.12. The van der Waals surface area contributed by atoms with E-state index in [2.05, 4.69) is 23.3 Å². The van der Waals surface area contributed by atoms with Gasteiger partial charge in [-0.15, -0.1) is 0 Å². The second kappa shape index (κ2) is 9.23. The lowest BCUT2D eigenvalue weighted by atomic mass is 9.97. The van der Waals surface area contributed by atoms with Crippen LogP contribution in [0.5, 0.6) is 11.5 Å². The third-order valence-electron chi connectivity index (χ3n) is 5.25. The molecule has 0 spiro atoms. The molecule has 2 aromatic carbocycles. The first kappa shape index (κ1) is 20.9. The van der Waals surface area contributed by atoms with Gasteiger partial charge in [-0.2, -0.15) is 0 Å². The predicted octanol–water partition coefficient (Wildman–Crippen LogP) is 4.85. The van der Waals surface area contributed by atoms with Gasteiger partial charge in [-0.3, -0.25) is 9.78 Å². The molecule has 31 heavy (non-hydrogen) atoms. The number of aryl methyl sites for hydroxylation is 1. The number of nitrogens with one attached hydrogen (secondary N) is 1. The van der Waals surface area contributed by atoms with Gasteiger partial charge in [0, 0.05) is 30.5 Å². The normalized spacial score (nSPS) is 14.9. The van der Waals surface area contributed by atoms with Crippen molar-refractivity contribution in [1.82, 2.24) is 10.3 Å². The zero-order chi connectivity index (χ0) is 21.8. The number of pyridine rings is 1. The standard InChI is InChI=1S/C25H23ClN2O3/c1-16-3-5-20(30-2)14-22(16)18-11-19-12-21(31-25(19)23(26)13-18)15-28-24(29)6-4-17-7-9-27-10-8-17/h3-11,13-14,21H,12,15H2,1-2H3,(H,28,29)/b6-4+. The molecule has 1 aromatic heterocycles. The lowest BCUT2D eigenvalue weighted by Crippen LogP contribution is -2.33. The molecule has 4 rings (SSSR count). The minimum Gasteiger partial charge on any atom is -0.497 e. The van der Waals surface area contributed by atoms with Crippen LogP contribution in [0.25, 0.3) is 17.2 Å². The minimum absolute atomic E-state index is 0.160. The van der Waals surface area contributed by atoms with Crippen molar-refractivity contribution in [3.05, 3.63) is 82.6 Å².